The lowest BCUT2D eigenvalue weighted by molar-refractivity contribution is 0.332. The molecule has 108 valence electrons. The minimum atomic E-state index is 0.332. The second-order valence-electron chi connectivity index (χ2n) is 5.57. The van der Waals surface area contributed by atoms with Crippen LogP contribution < -0.4 is 10.1 Å². The zero-order valence-electron chi connectivity index (χ0n) is 12.2. The molecule has 20 heavy (non-hydrogen) atoms. The molecule has 2 rings (SSSR count). The van der Waals surface area contributed by atoms with Gasteiger partial charge in [0.15, 0.2) is 0 Å². The summed E-state index contributed by atoms with van der Waals surface area (Å²) in [5.41, 5.74) is 1.19. The second-order valence-corrected chi connectivity index (χ2v) is 5.57. The Balaban J connectivity index is 1.71. The fourth-order valence-corrected chi connectivity index (χ4v) is 2.92. The van der Waals surface area contributed by atoms with Crippen LogP contribution in [0.3, 0.4) is 0 Å². The third-order valence-corrected chi connectivity index (χ3v) is 4.05. The maximum Gasteiger partial charge on any atom is 0.148 e. The molecule has 2 nitrogen and oxygen atoms in total. The van der Waals surface area contributed by atoms with Crippen molar-refractivity contribution in [3.63, 3.8) is 0 Å². The van der Waals surface area contributed by atoms with Crippen LogP contribution in [0.5, 0.6) is 5.75 Å². The van der Waals surface area contributed by atoms with Gasteiger partial charge in [0, 0.05) is 12.1 Å². The number of nitrogens with one attached hydrogen (secondary N) is 1. The van der Waals surface area contributed by atoms with E-state index < -0.39 is 0 Å². The van der Waals surface area contributed by atoms with Crippen LogP contribution in [0.1, 0.15) is 44.1 Å². The summed E-state index contributed by atoms with van der Waals surface area (Å²) in [6, 6.07) is 8.10. The molecule has 1 N–H and O–H groups in total. The van der Waals surface area contributed by atoms with Crippen molar-refractivity contribution in [2.24, 2.45) is 5.92 Å². The zero-order chi connectivity index (χ0) is 14.0. The number of benzene rings is 1. The summed E-state index contributed by atoms with van der Waals surface area (Å²) in [7, 11) is 0. The minimum Gasteiger partial charge on any atom is -0.481 e. The fraction of sp³-hybridized carbons (Fsp3) is 0.556. The molecule has 1 fully saturated rings. The van der Waals surface area contributed by atoms with Crippen molar-refractivity contribution in [3.8, 4) is 18.1 Å². The van der Waals surface area contributed by atoms with Gasteiger partial charge in [-0.3, -0.25) is 0 Å². The lowest BCUT2D eigenvalue weighted by Crippen LogP contribution is -2.19. The van der Waals surface area contributed by atoms with Gasteiger partial charge in [-0.05, 0) is 24.9 Å². The van der Waals surface area contributed by atoms with Crippen molar-refractivity contribution < 1.29 is 4.74 Å². The molecule has 1 aliphatic rings. The molecule has 0 aromatic heterocycles. The van der Waals surface area contributed by atoms with Crippen molar-refractivity contribution in [2.75, 3.05) is 13.2 Å². The largest absolute Gasteiger partial charge is 0.481 e. The van der Waals surface area contributed by atoms with Gasteiger partial charge in [-0.15, -0.1) is 6.42 Å². The molecule has 1 aromatic carbocycles. The first-order valence-corrected chi connectivity index (χ1v) is 7.75. The predicted molar refractivity (Wildman–Crippen MR) is 83.7 cm³/mol. The van der Waals surface area contributed by atoms with Crippen molar-refractivity contribution >= 4 is 0 Å². The summed E-state index contributed by atoms with van der Waals surface area (Å²) in [6.45, 7) is 2.28. The molecule has 0 bridgehead atoms. The second kappa shape index (κ2) is 8.66. The third-order valence-electron chi connectivity index (χ3n) is 4.05. The van der Waals surface area contributed by atoms with Gasteiger partial charge in [0.2, 0.25) is 0 Å². The maximum absolute atomic E-state index is 5.56. The van der Waals surface area contributed by atoms with Crippen LogP contribution in [0.4, 0.5) is 0 Å². The molecule has 0 spiro atoms. The van der Waals surface area contributed by atoms with Crippen LogP contribution >= 0.6 is 0 Å². The molecule has 0 radical (unpaired) electrons. The van der Waals surface area contributed by atoms with Crippen LogP contribution in [0.25, 0.3) is 0 Å². The van der Waals surface area contributed by atoms with Gasteiger partial charge >= 0.3 is 0 Å². The highest BCUT2D eigenvalue weighted by Gasteiger charge is 2.12. The van der Waals surface area contributed by atoms with Gasteiger partial charge in [0.05, 0.1) is 0 Å². The Morgan fingerprint density at radius 2 is 2.00 bits per heavy atom. The summed E-state index contributed by atoms with van der Waals surface area (Å²) in [5.74, 6) is 4.34. The molecule has 0 atom stereocenters. The van der Waals surface area contributed by atoms with Gasteiger partial charge < -0.3 is 10.1 Å². The van der Waals surface area contributed by atoms with Gasteiger partial charge in [-0.2, -0.15) is 0 Å². The molecular weight excluding hydrogens is 246 g/mol. The number of para-hydroxylation sites is 1. The van der Waals surface area contributed by atoms with Crippen LogP contribution in [0.15, 0.2) is 24.3 Å². The van der Waals surface area contributed by atoms with E-state index in [1.807, 2.05) is 18.2 Å². The average Bonchev–Trinajstić information content (AvgIpc) is 2.51. The van der Waals surface area contributed by atoms with E-state index in [1.54, 1.807) is 0 Å². The SMILES string of the molecule is C#CCOc1ccccc1CNCCC1CCCCC1. The number of terminal acetylenes is 1. The molecule has 0 aliphatic heterocycles. The standard InChI is InChI=1S/C18H25NO/c1-2-14-20-18-11-7-6-10-17(18)15-19-13-12-16-8-4-3-5-9-16/h1,6-7,10-11,16,19H,3-5,8-9,12-15H2. The Morgan fingerprint density at radius 1 is 1.20 bits per heavy atom. The molecule has 2 heteroatoms. The monoisotopic (exact) mass is 271 g/mol. The van der Waals surface area contributed by atoms with Crippen molar-refractivity contribution in [1.29, 1.82) is 0 Å². The smallest absolute Gasteiger partial charge is 0.148 e. The van der Waals surface area contributed by atoms with E-state index in [-0.39, 0.29) is 0 Å². The van der Waals surface area contributed by atoms with Crippen LogP contribution in [0, 0.1) is 18.3 Å². The van der Waals surface area contributed by atoms with E-state index >= 15 is 0 Å². The highest BCUT2D eigenvalue weighted by Crippen LogP contribution is 2.25. The van der Waals surface area contributed by atoms with Crippen molar-refractivity contribution in [3.05, 3.63) is 29.8 Å². The fourth-order valence-electron chi connectivity index (χ4n) is 2.92. The number of hydrogen-bond acceptors (Lipinski definition) is 2. The summed E-state index contributed by atoms with van der Waals surface area (Å²) < 4.78 is 5.56. The first-order chi connectivity index (χ1) is 9.90. The van der Waals surface area contributed by atoms with Crippen LogP contribution in [-0.2, 0) is 6.54 Å². The molecule has 1 aliphatic carbocycles. The van der Waals surface area contributed by atoms with Crippen molar-refractivity contribution in [2.45, 2.75) is 45.1 Å². The van der Waals surface area contributed by atoms with E-state index in [0.29, 0.717) is 6.61 Å². The lowest BCUT2D eigenvalue weighted by atomic mass is 9.87. The number of rotatable bonds is 7. The Bertz CT molecular complexity index is 429. The summed E-state index contributed by atoms with van der Waals surface area (Å²) in [4.78, 5) is 0. The first kappa shape index (κ1) is 14.9. The normalized spacial score (nSPS) is 15.8. The number of hydrogen-bond donors (Lipinski definition) is 1. The van der Waals surface area contributed by atoms with Crippen LogP contribution in [0.2, 0.25) is 0 Å². The Labute approximate surface area is 122 Å². The third kappa shape index (κ3) is 4.90. The molecule has 0 heterocycles. The first-order valence-electron chi connectivity index (χ1n) is 7.75. The van der Waals surface area contributed by atoms with E-state index in [0.717, 1.165) is 24.8 Å². The van der Waals surface area contributed by atoms with Crippen LogP contribution in [-0.4, -0.2) is 13.2 Å². The summed E-state index contributed by atoms with van der Waals surface area (Å²) >= 11 is 0. The van der Waals surface area contributed by atoms with E-state index in [1.165, 1.54) is 44.1 Å². The van der Waals surface area contributed by atoms with Gasteiger partial charge in [0.1, 0.15) is 12.4 Å². The lowest BCUT2D eigenvalue weighted by Gasteiger charge is -2.21. The average molecular weight is 271 g/mol. The molecule has 0 saturated heterocycles. The maximum atomic E-state index is 5.56. The minimum absolute atomic E-state index is 0.332. The molecule has 0 amide bonds. The molecule has 1 aromatic rings. The Hall–Kier alpha value is -1.46. The van der Waals surface area contributed by atoms with Crippen molar-refractivity contribution in [1.82, 2.24) is 5.32 Å². The zero-order valence-corrected chi connectivity index (χ0v) is 12.2. The van der Waals surface area contributed by atoms with E-state index in [4.69, 9.17) is 11.2 Å². The Morgan fingerprint density at radius 3 is 2.80 bits per heavy atom. The van der Waals surface area contributed by atoms with E-state index in [9.17, 15) is 0 Å². The molecule has 0 unspecified atom stereocenters. The molecule has 1 saturated carbocycles. The van der Waals surface area contributed by atoms with Gasteiger partial charge in [0.25, 0.3) is 0 Å². The summed E-state index contributed by atoms with van der Waals surface area (Å²) in [5, 5.41) is 3.53. The highest BCUT2D eigenvalue weighted by molar-refractivity contribution is 5.33. The Kier molecular flexibility index (Phi) is 6.47. The predicted octanol–water partition coefficient (Wildman–Crippen LogP) is 3.76. The quantitative estimate of drug-likeness (QED) is 0.602. The van der Waals surface area contributed by atoms with Gasteiger partial charge in [-0.25, -0.2) is 0 Å². The van der Waals surface area contributed by atoms with Gasteiger partial charge in [-0.1, -0.05) is 56.2 Å². The molecular formula is C18H25NO. The highest BCUT2D eigenvalue weighted by atomic mass is 16.5. The van der Waals surface area contributed by atoms with E-state index in [2.05, 4.69) is 17.3 Å². The number of ether oxygens (including phenoxy) is 1. The topological polar surface area (TPSA) is 21.3 Å². The summed E-state index contributed by atoms with van der Waals surface area (Å²) in [6.07, 6.45) is 13.7.